The smallest absolute Gasteiger partial charge is 0.341 e. The molecule has 0 atom stereocenters. The molecule has 0 amide bonds. The Morgan fingerprint density at radius 3 is 2.92 bits per heavy atom. The van der Waals surface area contributed by atoms with Crippen LogP contribution in [-0.2, 0) is 4.79 Å². The number of hydrogen-bond donors (Lipinski definition) is 2. The van der Waals surface area contributed by atoms with E-state index in [4.69, 9.17) is 14.6 Å². The molecule has 2 rings (SSSR count). The van der Waals surface area contributed by atoms with Crippen LogP contribution in [0.4, 0.5) is 11.5 Å². The quantitative estimate of drug-likeness (QED) is 0.420. The highest BCUT2D eigenvalue weighted by Crippen LogP contribution is 2.27. The van der Waals surface area contributed by atoms with Gasteiger partial charge in [0.15, 0.2) is 18.1 Å². The Labute approximate surface area is 141 Å². The first-order valence-corrected chi connectivity index (χ1v) is 6.92. The van der Waals surface area contributed by atoms with E-state index in [1.807, 2.05) is 0 Å². The molecule has 10 heteroatoms. The molecule has 2 aromatic rings. The van der Waals surface area contributed by atoms with Crippen LogP contribution in [0.5, 0.6) is 11.5 Å². The number of ether oxygens (including phenoxy) is 2. The fourth-order valence-corrected chi connectivity index (χ4v) is 1.82. The van der Waals surface area contributed by atoms with Crippen molar-refractivity contribution in [2.75, 3.05) is 19.1 Å². The van der Waals surface area contributed by atoms with E-state index < -0.39 is 17.5 Å². The maximum atomic E-state index is 10.9. The van der Waals surface area contributed by atoms with Gasteiger partial charge in [0.25, 0.3) is 0 Å². The number of rotatable bonds is 8. The SMILES string of the molecule is COc1cc(/C=N\Nc2ncccc2[N+](=O)[O-])ccc1OCC(=O)O. The first kappa shape index (κ1) is 17.7. The van der Waals surface area contributed by atoms with Gasteiger partial charge in [-0.05, 0) is 29.8 Å². The second-order valence-electron chi connectivity index (χ2n) is 4.59. The third-order valence-corrected chi connectivity index (χ3v) is 2.91. The normalized spacial score (nSPS) is 10.4. The van der Waals surface area contributed by atoms with Gasteiger partial charge in [-0.2, -0.15) is 5.10 Å². The van der Waals surface area contributed by atoms with E-state index in [-0.39, 0.29) is 17.3 Å². The molecule has 0 radical (unpaired) electrons. The van der Waals surface area contributed by atoms with Gasteiger partial charge in [-0.25, -0.2) is 9.78 Å². The van der Waals surface area contributed by atoms with Gasteiger partial charge >= 0.3 is 11.7 Å². The molecule has 0 saturated heterocycles. The van der Waals surface area contributed by atoms with E-state index in [1.165, 1.54) is 37.7 Å². The van der Waals surface area contributed by atoms with Crippen LogP contribution in [0, 0.1) is 10.1 Å². The summed E-state index contributed by atoms with van der Waals surface area (Å²) in [7, 11) is 1.42. The molecule has 1 aromatic heterocycles. The molecular formula is C15H14N4O6. The van der Waals surface area contributed by atoms with Crippen LogP contribution in [0.25, 0.3) is 0 Å². The molecule has 0 aliphatic heterocycles. The van der Waals surface area contributed by atoms with E-state index in [0.717, 1.165) is 0 Å². The number of carbonyl (C=O) groups is 1. The maximum absolute atomic E-state index is 10.9. The van der Waals surface area contributed by atoms with Crippen molar-refractivity contribution in [3.8, 4) is 11.5 Å². The third-order valence-electron chi connectivity index (χ3n) is 2.91. The number of hydrazone groups is 1. The van der Waals surface area contributed by atoms with Crippen molar-refractivity contribution in [1.82, 2.24) is 4.98 Å². The van der Waals surface area contributed by atoms with Gasteiger partial charge in [-0.15, -0.1) is 0 Å². The molecule has 0 unspecified atom stereocenters. The summed E-state index contributed by atoms with van der Waals surface area (Å²) < 4.78 is 10.2. The van der Waals surface area contributed by atoms with Crippen molar-refractivity contribution in [2.45, 2.75) is 0 Å². The van der Waals surface area contributed by atoms with Gasteiger partial charge in [0.05, 0.1) is 18.2 Å². The predicted molar refractivity (Wildman–Crippen MR) is 88.2 cm³/mol. The van der Waals surface area contributed by atoms with Crippen LogP contribution in [0.1, 0.15) is 5.56 Å². The second kappa shape index (κ2) is 8.24. The number of benzene rings is 1. The summed E-state index contributed by atoms with van der Waals surface area (Å²) in [5, 5.41) is 23.4. The van der Waals surface area contributed by atoms with Crippen molar-refractivity contribution in [2.24, 2.45) is 5.10 Å². The van der Waals surface area contributed by atoms with Gasteiger partial charge in [0.1, 0.15) is 0 Å². The molecule has 2 N–H and O–H groups in total. The Hall–Kier alpha value is -3.69. The lowest BCUT2D eigenvalue weighted by atomic mass is 10.2. The number of nitrogens with one attached hydrogen (secondary N) is 1. The average Bonchev–Trinajstić information content (AvgIpc) is 2.60. The fourth-order valence-electron chi connectivity index (χ4n) is 1.82. The zero-order chi connectivity index (χ0) is 18.2. The lowest BCUT2D eigenvalue weighted by Crippen LogP contribution is -2.10. The molecule has 1 heterocycles. The van der Waals surface area contributed by atoms with E-state index in [2.05, 4.69) is 15.5 Å². The van der Waals surface area contributed by atoms with Gasteiger partial charge in [0.2, 0.25) is 5.82 Å². The zero-order valence-electron chi connectivity index (χ0n) is 13.1. The number of aliphatic carboxylic acids is 1. The van der Waals surface area contributed by atoms with Crippen molar-refractivity contribution in [1.29, 1.82) is 0 Å². The molecule has 0 fully saturated rings. The molecule has 10 nitrogen and oxygen atoms in total. The molecule has 1 aromatic carbocycles. The van der Waals surface area contributed by atoms with Crippen LogP contribution in [0.15, 0.2) is 41.6 Å². The van der Waals surface area contributed by atoms with Crippen LogP contribution in [-0.4, -0.2) is 40.9 Å². The lowest BCUT2D eigenvalue weighted by Gasteiger charge is -2.09. The second-order valence-corrected chi connectivity index (χ2v) is 4.59. The minimum absolute atomic E-state index is 0.0112. The number of hydrogen-bond acceptors (Lipinski definition) is 8. The number of methoxy groups -OCH3 is 1. The maximum Gasteiger partial charge on any atom is 0.341 e. The summed E-state index contributed by atoms with van der Waals surface area (Å²) in [6.45, 7) is -0.491. The molecule has 25 heavy (non-hydrogen) atoms. The first-order chi connectivity index (χ1) is 12.0. The van der Waals surface area contributed by atoms with E-state index in [1.54, 1.807) is 12.1 Å². The van der Waals surface area contributed by atoms with Crippen molar-refractivity contribution >= 4 is 23.7 Å². The monoisotopic (exact) mass is 346 g/mol. The molecule has 0 aliphatic carbocycles. The lowest BCUT2D eigenvalue weighted by molar-refractivity contribution is -0.384. The number of anilines is 1. The summed E-state index contributed by atoms with van der Waals surface area (Å²) in [5.41, 5.74) is 2.91. The highest BCUT2D eigenvalue weighted by atomic mass is 16.6. The number of pyridine rings is 1. The highest BCUT2D eigenvalue weighted by molar-refractivity contribution is 5.81. The van der Waals surface area contributed by atoms with Crippen LogP contribution >= 0.6 is 0 Å². The number of nitrogens with zero attached hydrogens (tertiary/aromatic N) is 3. The zero-order valence-corrected chi connectivity index (χ0v) is 13.1. The highest BCUT2D eigenvalue weighted by Gasteiger charge is 2.13. The van der Waals surface area contributed by atoms with E-state index in [0.29, 0.717) is 11.3 Å². The number of nitro groups is 1. The minimum Gasteiger partial charge on any atom is -0.493 e. The van der Waals surface area contributed by atoms with Gasteiger partial charge in [-0.3, -0.25) is 15.5 Å². The standard InChI is InChI=1S/C15H14N4O6/c1-24-13-7-10(4-5-12(13)25-9-14(20)21)8-17-18-15-11(19(22)23)3-2-6-16-15/h2-8H,9H2,1H3,(H,16,18)(H,20,21)/b17-8-. The van der Waals surface area contributed by atoms with E-state index in [9.17, 15) is 14.9 Å². The van der Waals surface area contributed by atoms with Gasteiger partial charge in [0, 0.05) is 12.3 Å². The van der Waals surface area contributed by atoms with Crippen molar-refractivity contribution in [3.63, 3.8) is 0 Å². The minimum atomic E-state index is -1.10. The summed E-state index contributed by atoms with van der Waals surface area (Å²) >= 11 is 0. The molecule has 0 spiro atoms. The van der Waals surface area contributed by atoms with Crippen molar-refractivity contribution in [3.05, 3.63) is 52.2 Å². The third kappa shape index (κ3) is 4.89. The Morgan fingerprint density at radius 2 is 2.24 bits per heavy atom. The Balaban J connectivity index is 2.11. The largest absolute Gasteiger partial charge is 0.493 e. The van der Waals surface area contributed by atoms with Crippen LogP contribution in [0.2, 0.25) is 0 Å². The topological polar surface area (TPSA) is 136 Å². The molecule has 0 bridgehead atoms. The summed E-state index contributed by atoms with van der Waals surface area (Å²) in [6, 6.07) is 7.50. The molecular weight excluding hydrogens is 332 g/mol. The predicted octanol–water partition coefficient (Wildman–Crippen LogP) is 1.91. The summed E-state index contributed by atoms with van der Waals surface area (Å²) in [5.74, 6) is -0.490. The molecule has 0 saturated carbocycles. The Morgan fingerprint density at radius 1 is 1.44 bits per heavy atom. The fraction of sp³-hybridized carbons (Fsp3) is 0.133. The van der Waals surface area contributed by atoms with E-state index >= 15 is 0 Å². The summed E-state index contributed by atoms with van der Waals surface area (Å²) in [4.78, 5) is 24.7. The Bertz CT molecular complexity index is 808. The summed E-state index contributed by atoms with van der Waals surface area (Å²) in [6.07, 6.45) is 2.81. The Kier molecular flexibility index (Phi) is 5.82. The van der Waals surface area contributed by atoms with Crippen LogP contribution < -0.4 is 14.9 Å². The number of carboxylic acids is 1. The van der Waals surface area contributed by atoms with Gasteiger partial charge in [-0.1, -0.05) is 0 Å². The van der Waals surface area contributed by atoms with Gasteiger partial charge < -0.3 is 14.6 Å². The average molecular weight is 346 g/mol. The molecule has 0 aliphatic rings. The molecule has 130 valence electrons. The number of carboxylic acid groups (broad SMARTS) is 1. The first-order valence-electron chi connectivity index (χ1n) is 6.92. The van der Waals surface area contributed by atoms with Crippen molar-refractivity contribution < 1.29 is 24.3 Å². The number of aromatic nitrogens is 1. The van der Waals surface area contributed by atoms with Crippen LogP contribution in [0.3, 0.4) is 0 Å².